The van der Waals surface area contributed by atoms with E-state index < -0.39 is 12.0 Å². The first-order chi connectivity index (χ1) is 20.0. The molecule has 1 atom stereocenters. The van der Waals surface area contributed by atoms with Crippen LogP contribution in [0.15, 0.2) is 49.1 Å². The van der Waals surface area contributed by atoms with Crippen molar-refractivity contribution in [3.63, 3.8) is 0 Å². The molecule has 0 amide bonds. The summed E-state index contributed by atoms with van der Waals surface area (Å²) < 4.78 is 2.06. The first-order valence-electron chi connectivity index (χ1n) is 15.4. The summed E-state index contributed by atoms with van der Waals surface area (Å²) in [5, 5.41) is 10.1. The summed E-state index contributed by atoms with van der Waals surface area (Å²) in [6.45, 7) is 6.05. The number of aryl methyl sites for hydroxylation is 1. The van der Waals surface area contributed by atoms with Crippen LogP contribution < -0.4 is 0 Å². The molecule has 0 radical (unpaired) electrons. The van der Waals surface area contributed by atoms with Gasteiger partial charge in [0, 0.05) is 57.5 Å². The highest BCUT2D eigenvalue weighted by molar-refractivity contribution is 5.74. The zero-order chi connectivity index (χ0) is 28.2. The average molecular weight is 560 g/mol. The monoisotopic (exact) mass is 559 g/mol. The Morgan fingerprint density at radius 3 is 2.44 bits per heavy atom. The van der Waals surface area contributed by atoms with Gasteiger partial charge in [0.05, 0.1) is 13.1 Å². The quantitative estimate of drug-likeness (QED) is 0.380. The van der Waals surface area contributed by atoms with Gasteiger partial charge < -0.3 is 19.6 Å². The van der Waals surface area contributed by atoms with Crippen LogP contribution in [-0.2, 0) is 38.0 Å². The standard InChI is InChI=1S/C32H45N7O2/c1-36-18-15-35-30(36)23-37(22-29-33-13-14-34-29)20-25-7-9-26(10-8-25)21-39-24-32(19-28(39)31(40)41)11-16-38(17-12-32)27-5-3-2-4-6-27/h7-10,13-15,18,27-28H,2-6,11-12,16-17,19-24H2,1H3,(H,33,34)(H,40,41)/t28-/m1/s1. The number of nitrogens with one attached hydrogen (secondary N) is 1. The zero-order valence-corrected chi connectivity index (χ0v) is 24.4. The van der Waals surface area contributed by atoms with Gasteiger partial charge in [-0.15, -0.1) is 0 Å². The van der Waals surface area contributed by atoms with E-state index in [1.807, 2.05) is 25.6 Å². The molecule has 0 unspecified atom stereocenters. The number of aromatic amines is 1. The number of hydrogen-bond acceptors (Lipinski definition) is 6. The molecule has 6 rings (SSSR count). The van der Waals surface area contributed by atoms with Gasteiger partial charge in [0.1, 0.15) is 17.7 Å². The third-order valence-electron chi connectivity index (χ3n) is 9.87. The summed E-state index contributed by atoms with van der Waals surface area (Å²) >= 11 is 0. The van der Waals surface area contributed by atoms with Gasteiger partial charge in [0.2, 0.25) is 0 Å². The summed E-state index contributed by atoms with van der Waals surface area (Å²) in [6, 6.07) is 9.09. The van der Waals surface area contributed by atoms with Crippen molar-refractivity contribution in [1.82, 2.24) is 34.2 Å². The highest BCUT2D eigenvalue weighted by Crippen LogP contribution is 2.45. The van der Waals surface area contributed by atoms with Gasteiger partial charge in [-0.25, -0.2) is 9.97 Å². The third kappa shape index (κ3) is 6.74. The smallest absolute Gasteiger partial charge is 0.320 e. The Bertz CT molecular complexity index is 1260. The molecule has 0 bridgehead atoms. The number of rotatable bonds is 10. The number of piperidine rings is 1. The second-order valence-electron chi connectivity index (χ2n) is 12.7. The number of carboxylic acids is 1. The van der Waals surface area contributed by atoms with Gasteiger partial charge >= 0.3 is 5.97 Å². The normalized spacial score (nSPS) is 22.1. The van der Waals surface area contributed by atoms with Gasteiger partial charge in [-0.2, -0.15) is 0 Å². The summed E-state index contributed by atoms with van der Waals surface area (Å²) in [7, 11) is 2.02. The Morgan fingerprint density at radius 1 is 1.02 bits per heavy atom. The van der Waals surface area contributed by atoms with Crippen LogP contribution in [0.4, 0.5) is 0 Å². The second kappa shape index (κ2) is 12.5. The van der Waals surface area contributed by atoms with E-state index in [-0.39, 0.29) is 5.41 Å². The number of hydrogen-bond donors (Lipinski definition) is 2. The molecule has 41 heavy (non-hydrogen) atoms. The fourth-order valence-corrected chi connectivity index (χ4v) is 7.48. The Hall–Kier alpha value is -3.01. The second-order valence-corrected chi connectivity index (χ2v) is 12.7. The Balaban J connectivity index is 1.08. The van der Waals surface area contributed by atoms with Crippen LogP contribution in [-0.4, -0.2) is 77.0 Å². The fraction of sp³-hybridized carbons (Fsp3) is 0.594. The molecule has 2 aliphatic heterocycles. The largest absolute Gasteiger partial charge is 0.480 e. The van der Waals surface area contributed by atoms with Crippen molar-refractivity contribution in [1.29, 1.82) is 0 Å². The highest BCUT2D eigenvalue weighted by Gasteiger charge is 2.48. The average Bonchev–Trinajstić information content (AvgIpc) is 3.72. The van der Waals surface area contributed by atoms with E-state index in [2.05, 4.69) is 58.5 Å². The topological polar surface area (TPSA) is 93.5 Å². The summed E-state index contributed by atoms with van der Waals surface area (Å²) in [4.78, 5) is 31.8. The molecule has 1 spiro atoms. The van der Waals surface area contributed by atoms with E-state index in [1.165, 1.54) is 43.2 Å². The van der Waals surface area contributed by atoms with Crippen LogP contribution in [0.25, 0.3) is 0 Å². The maximum absolute atomic E-state index is 12.3. The Morgan fingerprint density at radius 2 is 1.78 bits per heavy atom. The lowest BCUT2D eigenvalue weighted by atomic mass is 9.76. The van der Waals surface area contributed by atoms with Crippen molar-refractivity contribution < 1.29 is 9.90 Å². The van der Waals surface area contributed by atoms with E-state index in [0.717, 1.165) is 69.7 Å². The first-order valence-corrected chi connectivity index (χ1v) is 15.4. The molecular formula is C32H45N7O2. The molecule has 2 aromatic heterocycles. The SMILES string of the molecule is Cn1ccnc1CN(Cc1ccc(CN2CC3(CCN(C4CCCCC4)CC3)C[C@@H]2C(=O)O)cc1)Cc1ncc[nH]1. The van der Waals surface area contributed by atoms with Crippen LogP contribution in [0.2, 0.25) is 0 Å². The zero-order valence-electron chi connectivity index (χ0n) is 24.4. The first kappa shape index (κ1) is 28.1. The summed E-state index contributed by atoms with van der Waals surface area (Å²) in [6.07, 6.45) is 17.3. The molecule has 1 saturated carbocycles. The van der Waals surface area contributed by atoms with E-state index in [0.29, 0.717) is 13.1 Å². The lowest BCUT2D eigenvalue weighted by Gasteiger charge is -2.43. The van der Waals surface area contributed by atoms with E-state index in [4.69, 9.17) is 0 Å². The molecule has 1 aromatic carbocycles. The van der Waals surface area contributed by atoms with Crippen LogP contribution in [0.5, 0.6) is 0 Å². The fourth-order valence-electron chi connectivity index (χ4n) is 7.48. The number of carbonyl (C=O) groups is 1. The number of aromatic nitrogens is 4. The third-order valence-corrected chi connectivity index (χ3v) is 9.87. The van der Waals surface area contributed by atoms with Gasteiger partial charge in [-0.1, -0.05) is 43.5 Å². The molecule has 1 aliphatic carbocycles. The molecule has 2 saturated heterocycles. The molecule has 9 heteroatoms. The Kier molecular flexibility index (Phi) is 8.55. The lowest BCUT2D eigenvalue weighted by Crippen LogP contribution is -2.46. The maximum Gasteiger partial charge on any atom is 0.320 e. The van der Waals surface area contributed by atoms with Gasteiger partial charge in [0.15, 0.2) is 0 Å². The van der Waals surface area contributed by atoms with E-state index >= 15 is 0 Å². The minimum absolute atomic E-state index is 0.144. The van der Waals surface area contributed by atoms with Crippen LogP contribution in [0, 0.1) is 5.41 Å². The van der Waals surface area contributed by atoms with Crippen molar-refractivity contribution in [2.45, 2.75) is 89.6 Å². The van der Waals surface area contributed by atoms with Crippen LogP contribution in [0.1, 0.15) is 74.1 Å². The lowest BCUT2D eigenvalue weighted by molar-refractivity contribution is -0.142. The predicted molar refractivity (Wildman–Crippen MR) is 158 cm³/mol. The molecular weight excluding hydrogens is 514 g/mol. The summed E-state index contributed by atoms with van der Waals surface area (Å²) in [5.74, 6) is 1.28. The molecule has 220 valence electrons. The van der Waals surface area contributed by atoms with Crippen LogP contribution in [0.3, 0.4) is 0 Å². The molecule has 3 aliphatic rings. The number of aliphatic carboxylic acids is 1. The molecule has 4 heterocycles. The number of H-pyrrole nitrogens is 1. The van der Waals surface area contributed by atoms with Gasteiger partial charge in [0.25, 0.3) is 0 Å². The Labute approximate surface area is 243 Å². The maximum atomic E-state index is 12.3. The minimum atomic E-state index is -0.670. The molecule has 2 N–H and O–H groups in total. The van der Waals surface area contributed by atoms with Crippen molar-refractivity contribution in [2.75, 3.05) is 19.6 Å². The number of likely N-dealkylation sites (tertiary alicyclic amines) is 2. The number of imidazole rings is 2. The van der Waals surface area contributed by atoms with Crippen molar-refractivity contribution in [2.24, 2.45) is 12.5 Å². The number of nitrogens with zero attached hydrogens (tertiary/aromatic N) is 6. The summed E-state index contributed by atoms with van der Waals surface area (Å²) in [5.41, 5.74) is 2.54. The van der Waals surface area contributed by atoms with E-state index in [9.17, 15) is 9.90 Å². The van der Waals surface area contributed by atoms with Crippen LogP contribution >= 0.6 is 0 Å². The molecule has 3 aromatic rings. The van der Waals surface area contributed by atoms with Crippen molar-refractivity contribution in [3.05, 3.63) is 71.8 Å². The highest BCUT2D eigenvalue weighted by atomic mass is 16.4. The predicted octanol–water partition coefficient (Wildman–Crippen LogP) is 4.42. The molecule has 3 fully saturated rings. The number of benzene rings is 1. The minimum Gasteiger partial charge on any atom is -0.480 e. The van der Waals surface area contributed by atoms with E-state index in [1.54, 1.807) is 6.20 Å². The number of carboxylic acid groups (broad SMARTS) is 1. The van der Waals surface area contributed by atoms with Gasteiger partial charge in [-0.05, 0) is 61.7 Å². The van der Waals surface area contributed by atoms with Gasteiger partial charge in [-0.3, -0.25) is 14.6 Å². The van der Waals surface area contributed by atoms with Crippen molar-refractivity contribution >= 4 is 5.97 Å². The molecule has 9 nitrogen and oxygen atoms in total. The van der Waals surface area contributed by atoms with Crippen molar-refractivity contribution in [3.8, 4) is 0 Å².